The molecule has 2 aromatic heterocycles. The van der Waals surface area contributed by atoms with Crippen LogP contribution in [0.2, 0.25) is 0 Å². The zero-order valence-electron chi connectivity index (χ0n) is 13.6. The second kappa shape index (κ2) is 6.69. The molecule has 2 heterocycles. The molecule has 0 aliphatic rings. The molecular formula is C14H21F3N6. The maximum Gasteiger partial charge on any atom is 0.453 e. The minimum Gasteiger partial charge on any atom is -0.369 e. The summed E-state index contributed by atoms with van der Waals surface area (Å²) in [5, 5.41) is 6.64. The monoisotopic (exact) mass is 330 g/mol. The smallest absolute Gasteiger partial charge is 0.369 e. The number of hydrogen-bond donors (Lipinski definition) is 1. The number of nitrogens with zero attached hydrogens (tertiary/aromatic N) is 5. The highest BCUT2D eigenvalue weighted by Gasteiger charge is 2.36. The normalized spacial score (nSPS) is 12.6. The minimum atomic E-state index is -4.59. The van der Waals surface area contributed by atoms with Crippen molar-refractivity contribution in [2.45, 2.75) is 39.9 Å². The van der Waals surface area contributed by atoms with Crippen LogP contribution in [0.15, 0.2) is 6.07 Å². The number of fused-ring (bicyclic) bond motifs is 1. The molecule has 0 saturated heterocycles. The number of rotatable bonds is 6. The summed E-state index contributed by atoms with van der Waals surface area (Å²) in [6.07, 6.45) is -4.59. The van der Waals surface area contributed by atoms with Gasteiger partial charge in [0.05, 0.1) is 0 Å². The van der Waals surface area contributed by atoms with Crippen LogP contribution in [0.5, 0.6) is 0 Å². The van der Waals surface area contributed by atoms with Crippen LogP contribution in [0.4, 0.5) is 19.0 Å². The first kappa shape index (κ1) is 17.5. The number of hydrogen-bond acceptors (Lipinski definition) is 5. The fourth-order valence-electron chi connectivity index (χ4n) is 2.34. The maximum atomic E-state index is 12.8. The van der Waals surface area contributed by atoms with Crippen LogP contribution in [0.1, 0.15) is 32.3 Å². The molecule has 0 bridgehead atoms. The second-order valence-electron chi connectivity index (χ2n) is 5.58. The van der Waals surface area contributed by atoms with Gasteiger partial charge in [0.15, 0.2) is 0 Å². The van der Waals surface area contributed by atoms with Crippen molar-refractivity contribution in [3.05, 3.63) is 17.6 Å². The van der Waals surface area contributed by atoms with Crippen molar-refractivity contribution in [1.29, 1.82) is 0 Å². The van der Waals surface area contributed by atoms with Gasteiger partial charge in [-0.1, -0.05) is 6.92 Å². The Morgan fingerprint density at radius 1 is 1.30 bits per heavy atom. The van der Waals surface area contributed by atoms with Crippen molar-refractivity contribution >= 4 is 11.6 Å². The highest BCUT2D eigenvalue weighted by atomic mass is 19.4. The van der Waals surface area contributed by atoms with Crippen molar-refractivity contribution in [1.82, 2.24) is 24.5 Å². The summed E-state index contributed by atoms with van der Waals surface area (Å²) in [7, 11) is 0. The van der Waals surface area contributed by atoms with Crippen LogP contribution in [-0.2, 0) is 6.18 Å². The molecule has 0 saturated carbocycles. The Balaban J connectivity index is 2.21. The quantitative estimate of drug-likeness (QED) is 0.882. The molecule has 0 aromatic carbocycles. The van der Waals surface area contributed by atoms with E-state index in [9.17, 15) is 13.2 Å². The molecule has 6 nitrogen and oxygen atoms in total. The van der Waals surface area contributed by atoms with Gasteiger partial charge in [-0.3, -0.25) is 4.90 Å². The van der Waals surface area contributed by atoms with Crippen LogP contribution in [0.3, 0.4) is 0 Å². The van der Waals surface area contributed by atoms with Crippen LogP contribution in [-0.4, -0.2) is 50.2 Å². The topological polar surface area (TPSA) is 58.3 Å². The molecule has 0 unspecified atom stereocenters. The Morgan fingerprint density at radius 2 is 2.00 bits per heavy atom. The molecule has 0 aliphatic carbocycles. The SMILES string of the molecule is CCN(CCNc1cc(C)nc2nc(C(F)(F)F)nn12)C(C)C. The van der Waals surface area contributed by atoms with Crippen molar-refractivity contribution in [2.75, 3.05) is 25.0 Å². The molecule has 1 N–H and O–H groups in total. The van der Waals surface area contributed by atoms with Crippen molar-refractivity contribution in [3.8, 4) is 0 Å². The molecule has 9 heteroatoms. The number of aromatic nitrogens is 4. The molecule has 0 atom stereocenters. The molecule has 0 aliphatic heterocycles. The number of aryl methyl sites for hydroxylation is 1. The Labute approximate surface area is 132 Å². The minimum absolute atomic E-state index is 0.0592. The van der Waals surface area contributed by atoms with Gasteiger partial charge in [-0.15, -0.1) is 5.10 Å². The molecule has 0 fully saturated rings. The van der Waals surface area contributed by atoms with E-state index in [1.165, 1.54) is 0 Å². The van der Waals surface area contributed by atoms with E-state index in [0.29, 0.717) is 24.1 Å². The fraction of sp³-hybridized carbons (Fsp3) is 0.643. The summed E-state index contributed by atoms with van der Waals surface area (Å²) >= 11 is 0. The average molecular weight is 330 g/mol. The lowest BCUT2D eigenvalue weighted by Crippen LogP contribution is -2.34. The Morgan fingerprint density at radius 3 is 2.57 bits per heavy atom. The predicted molar refractivity (Wildman–Crippen MR) is 81.4 cm³/mol. The molecule has 0 spiro atoms. The molecule has 2 rings (SSSR count). The first-order valence-corrected chi connectivity index (χ1v) is 7.52. The van der Waals surface area contributed by atoms with Gasteiger partial charge in [-0.25, -0.2) is 4.98 Å². The van der Waals surface area contributed by atoms with E-state index in [-0.39, 0.29) is 5.78 Å². The Bertz CT molecular complexity index is 664. The van der Waals surface area contributed by atoms with E-state index in [2.05, 4.69) is 46.1 Å². The average Bonchev–Trinajstić information content (AvgIpc) is 2.86. The highest BCUT2D eigenvalue weighted by Crippen LogP contribution is 2.27. The molecule has 0 amide bonds. The highest BCUT2D eigenvalue weighted by molar-refractivity contribution is 5.45. The third-order valence-corrected chi connectivity index (χ3v) is 3.54. The molecular weight excluding hydrogens is 309 g/mol. The van der Waals surface area contributed by atoms with Crippen molar-refractivity contribution < 1.29 is 13.2 Å². The largest absolute Gasteiger partial charge is 0.453 e. The predicted octanol–water partition coefficient (Wildman–Crippen LogP) is 2.59. The van der Waals surface area contributed by atoms with Gasteiger partial charge in [-0.05, 0) is 27.3 Å². The van der Waals surface area contributed by atoms with Gasteiger partial charge < -0.3 is 5.32 Å². The number of anilines is 1. The first-order valence-electron chi connectivity index (χ1n) is 7.52. The Kier molecular flexibility index (Phi) is 5.08. The molecule has 2 aromatic rings. The van der Waals surface area contributed by atoms with Crippen LogP contribution < -0.4 is 5.32 Å². The van der Waals surface area contributed by atoms with Crippen LogP contribution in [0, 0.1) is 6.92 Å². The first-order chi connectivity index (χ1) is 10.7. The number of nitrogens with one attached hydrogen (secondary N) is 1. The Hall–Kier alpha value is -1.90. The van der Waals surface area contributed by atoms with Crippen molar-refractivity contribution in [2.24, 2.45) is 0 Å². The number of alkyl halides is 3. The third kappa shape index (κ3) is 4.10. The van der Waals surface area contributed by atoms with Crippen molar-refractivity contribution in [3.63, 3.8) is 0 Å². The van der Waals surface area contributed by atoms with Gasteiger partial charge in [0.25, 0.3) is 11.6 Å². The second-order valence-corrected chi connectivity index (χ2v) is 5.58. The third-order valence-electron chi connectivity index (χ3n) is 3.54. The molecule has 23 heavy (non-hydrogen) atoms. The lowest BCUT2D eigenvalue weighted by molar-refractivity contribution is -0.144. The fourth-order valence-corrected chi connectivity index (χ4v) is 2.34. The lowest BCUT2D eigenvalue weighted by atomic mass is 10.3. The summed E-state index contributed by atoms with van der Waals surface area (Å²) in [6, 6.07) is 2.07. The zero-order chi connectivity index (χ0) is 17.2. The van der Waals surface area contributed by atoms with E-state index >= 15 is 0 Å². The van der Waals surface area contributed by atoms with Gasteiger partial charge in [0.2, 0.25) is 0 Å². The summed E-state index contributed by atoms with van der Waals surface area (Å²) in [5.74, 6) is -0.789. The lowest BCUT2D eigenvalue weighted by Gasteiger charge is -2.24. The summed E-state index contributed by atoms with van der Waals surface area (Å²) in [4.78, 5) is 9.71. The summed E-state index contributed by atoms with van der Waals surface area (Å²) in [6.45, 7) is 10.3. The maximum absolute atomic E-state index is 12.8. The standard InChI is InChI=1S/C14H21F3N6/c1-5-22(9(2)3)7-6-18-11-8-10(4)19-13-20-12(14(15,16)17)21-23(11)13/h8-9,18H,5-7H2,1-4H3. The summed E-state index contributed by atoms with van der Waals surface area (Å²) in [5.41, 5.74) is 0.581. The summed E-state index contributed by atoms with van der Waals surface area (Å²) < 4.78 is 39.4. The van der Waals surface area contributed by atoms with Crippen LogP contribution in [0.25, 0.3) is 5.78 Å². The van der Waals surface area contributed by atoms with E-state index in [1.54, 1.807) is 13.0 Å². The molecule has 128 valence electrons. The van der Waals surface area contributed by atoms with Gasteiger partial charge in [0.1, 0.15) is 5.82 Å². The number of likely N-dealkylation sites (N-methyl/N-ethyl adjacent to an activating group) is 1. The van der Waals surface area contributed by atoms with E-state index < -0.39 is 12.0 Å². The number of halogens is 3. The van der Waals surface area contributed by atoms with Gasteiger partial charge in [0, 0.05) is 30.9 Å². The van der Waals surface area contributed by atoms with E-state index in [4.69, 9.17) is 0 Å². The zero-order valence-corrected chi connectivity index (χ0v) is 13.6. The van der Waals surface area contributed by atoms with E-state index in [1.807, 2.05) is 0 Å². The van der Waals surface area contributed by atoms with Crippen LogP contribution >= 0.6 is 0 Å². The molecule has 0 radical (unpaired) electrons. The van der Waals surface area contributed by atoms with Gasteiger partial charge >= 0.3 is 6.18 Å². The van der Waals surface area contributed by atoms with Gasteiger partial charge in [-0.2, -0.15) is 22.7 Å². The van der Waals surface area contributed by atoms with E-state index in [0.717, 1.165) is 17.6 Å².